The van der Waals surface area contributed by atoms with Crippen molar-refractivity contribution >= 4 is 17.8 Å². The van der Waals surface area contributed by atoms with Crippen LogP contribution in [-0.2, 0) is 14.4 Å². The fourth-order valence-corrected chi connectivity index (χ4v) is 2.25. The minimum atomic E-state index is -1.46. The number of likely N-dealkylation sites (tertiary alicyclic amines) is 1. The first kappa shape index (κ1) is 13.8. The molecule has 0 radical (unpaired) electrons. The van der Waals surface area contributed by atoms with Gasteiger partial charge in [0.1, 0.15) is 0 Å². The molecular weight excluding hydrogens is 252 g/mol. The third-order valence-electron chi connectivity index (χ3n) is 3.52. The molecule has 2 fully saturated rings. The number of aliphatic hydroxyl groups is 1. The summed E-state index contributed by atoms with van der Waals surface area (Å²) >= 11 is 0. The Balaban J connectivity index is 1.72. The van der Waals surface area contributed by atoms with E-state index in [0.29, 0.717) is 12.6 Å². The second-order valence-electron chi connectivity index (χ2n) is 5.11. The Kier molecular flexibility index (Phi) is 4.04. The Morgan fingerprint density at radius 2 is 2.11 bits per heavy atom. The maximum atomic E-state index is 11.8. The first-order valence-corrected chi connectivity index (χ1v) is 6.47. The van der Waals surface area contributed by atoms with E-state index in [4.69, 9.17) is 10.2 Å². The second-order valence-corrected chi connectivity index (χ2v) is 5.11. The van der Waals surface area contributed by atoms with E-state index in [2.05, 4.69) is 5.32 Å². The topological polar surface area (TPSA) is 107 Å². The number of amides is 2. The van der Waals surface area contributed by atoms with Crippen LogP contribution in [0.25, 0.3) is 0 Å². The molecule has 7 nitrogen and oxygen atoms in total. The number of carboxylic acids is 1. The molecule has 1 aliphatic carbocycles. The number of aliphatic hydroxyl groups excluding tert-OH is 1. The lowest BCUT2D eigenvalue weighted by Crippen LogP contribution is -2.35. The molecule has 19 heavy (non-hydrogen) atoms. The van der Waals surface area contributed by atoms with E-state index < -0.39 is 12.1 Å². The number of nitrogens with zero attached hydrogens (tertiary/aromatic N) is 1. The summed E-state index contributed by atoms with van der Waals surface area (Å²) in [5.74, 6) is -1.87. The van der Waals surface area contributed by atoms with Crippen LogP contribution in [-0.4, -0.2) is 58.1 Å². The van der Waals surface area contributed by atoms with Crippen molar-refractivity contribution in [3.8, 4) is 0 Å². The number of hydrogen-bond donors (Lipinski definition) is 3. The lowest BCUT2D eigenvalue weighted by molar-refractivity contribution is -0.147. The number of nitrogens with one attached hydrogen (secondary N) is 1. The molecule has 2 rings (SSSR count). The molecule has 0 aromatic heterocycles. The SMILES string of the molecule is O=C(NCC[C@H](O)C(=O)O)C1CC(=O)N(C2CC2)C1. The quantitative estimate of drug-likeness (QED) is 0.571. The van der Waals surface area contributed by atoms with Crippen LogP contribution in [0.2, 0.25) is 0 Å². The minimum Gasteiger partial charge on any atom is -0.479 e. The number of aliphatic carboxylic acids is 1. The first-order valence-electron chi connectivity index (χ1n) is 6.47. The second kappa shape index (κ2) is 5.56. The zero-order valence-corrected chi connectivity index (χ0v) is 10.5. The molecule has 106 valence electrons. The van der Waals surface area contributed by atoms with Crippen LogP contribution in [0.15, 0.2) is 0 Å². The van der Waals surface area contributed by atoms with Crippen molar-refractivity contribution in [2.75, 3.05) is 13.1 Å². The van der Waals surface area contributed by atoms with Gasteiger partial charge in [-0.15, -0.1) is 0 Å². The smallest absolute Gasteiger partial charge is 0.332 e. The predicted octanol–water partition coefficient (Wildman–Crippen LogP) is -1.05. The molecule has 7 heteroatoms. The van der Waals surface area contributed by atoms with Gasteiger partial charge >= 0.3 is 5.97 Å². The normalized spacial score (nSPS) is 24.4. The molecule has 0 spiro atoms. The lowest BCUT2D eigenvalue weighted by Gasteiger charge is -2.15. The van der Waals surface area contributed by atoms with Gasteiger partial charge in [-0.25, -0.2) is 4.79 Å². The van der Waals surface area contributed by atoms with E-state index in [0.717, 1.165) is 12.8 Å². The highest BCUT2D eigenvalue weighted by Gasteiger charge is 2.41. The Hall–Kier alpha value is -1.63. The summed E-state index contributed by atoms with van der Waals surface area (Å²) in [7, 11) is 0. The number of carbonyl (C=O) groups excluding carboxylic acids is 2. The zero-order valence-electron chi connectivity index (χ0n) is 10.5. The average molecular weight is 270 g/mol. The van der Waals surface area contributed by atoms with Gasteiger partial charge in [-0.2, -0.15) is 0 Å². The molecule has 1 aliphatic heterocycles. The van der Waals surface area contributed by atoms with E-state index >= 15 is 0 Å². The van der Waals surface area contributed by atoms with Crippen molar-refractivity contribution in [1.29, 1.82) is 0 Å². The van der Waals surface area contributed by atoms with Crippen molar-refractivity contribution in [2.45, 2.75) is 37.8 Å². The fraction of sp³-hybridized carbons (Fsp3) is 0.750. The van der Waals surface area contributed by atoms with E-state index in [9.17, 15) is 14.4 Å². The van der Waals surface area contributed by atoms with Gasteiger partial charge < -0.3 is 20.4 Å². The number of hydrogen-bond acceptors (Lipinski definition) is 4. The lowest BCUT2D eigenvalue weighted by atomic mass is 10.1. The molecule has 1 heterocycles. The number of carbonyl (C=O) groups is 3. The molecule has 1 saturated heterocycles. The Morgan fingerprint density at radius 1 is 1.42 bits per heavy atom. The minimum absolute atomic E-state index is 0.0215. The summed E-state index contributed by atoms with van der Waals surface area (Å²) in [6.45, 7) is 0.553. The van der Waals surface area contributed by atoms with Crippen LogP contribution in [0.4, 0.5) is 0 Å². The average Bonchev–Trinajstić information content (AvgIpc) is 3.12. The molecule has 0 aromatic carbocycles. The summed E-state index contributed by atoms with van der Waals surface area (Å²) in [5.41, 5.74) is 0. The highest BCUT2D eigenvalue weighted by Crippen LogP contribution is 2.32. The van der Waals surface area contributed by atoms with Gasteiger partial charge in [-0.3, -0.25) is 9.59 Å². The summed E-state index contributed by atoms with van der Waals surface area (Å²) in [6.07, 6.45) is 0.765. The third kappa shape index (κ3) is 3.44. The summed E-state index contributed by atoms with van der Waals surface area (Å²) in [4.78, 5) is 35.6. The monoisotopic (exact) mass is 270 g/mol. The van der Waals surface area contributed by atoms with E-state index in [1.54, 1.807) is 4.90 Å². The van der Waals surface area contributed by atoms with Crippen molar-refractivity contribution < 1.29 is 24.6 Å². The largest absolute Gasteiger partial charge is 0.479 e. The van der Waals surface area contributed by atoms with Crippen molar-refractivity contribution in [2.24, 2.45) is 5.92 Å². The Bertz CT molecular complexity index is 394. The summed E-state index contributed by atoms with van der Waals surface area (Å²) < 4.78 is 0. The molecule has 0 aromatic rings. The molecule has 2 amide bonds. The molecule has 0 bridgehead atoms. The van der Waals surface area contributed by atoms with Gasteiger partial charge in [0.2, 0.25) is 11.8 Å². The van der Waals surface area contributed by atoms with Gasteiger partial charge in [-0.1, -0.05) is 0 Å². The highest BCUT2D eigenvalue weighted by molar-refractivity contribution is 5.89. The van der Waals surface area contributed by atoms with Crippen LogP contribution in [0.3, 0.4) is 0 Å². The maximum Gasteiger partial charge on any atom is 0.332 e. The van der Waals surface area contributed by atoms with Gasteiger partial charge in [0.05, 0.1) is 5.92 Å². The molecule has 2 atom stereocenters. The van der Waals surface area contributed by atoms with Gasteiger partial charge in [0.25, 0.3) is 0 Å². The van der Waals surface area contributed by atoms with Crippen molar-refractivity contribution in [3.05, 3.63) is 0 Å². The standard InChI is InChI=1S/C12H18N2O5/c15-9(12(18)19)3-4-13-11(17)7-5-10(16)14(6-7)8-1-2-8/h7-9,15H,1-6H2,(H,13,17)(H,18,19)/t7?,9-/m0/s1. The van der Waals surface area contributed by atoms with Crippen molar-refractivity contribution in [1.82, 2.24) is 10.2 Å². The molecule has 2 aliphatic rings. The fourth-order valence-electron chi connectivity index (χ4n) is 2.25. The first-order chi connectivity index (χ1) is 8.99. The van der Waals surface area contributed by atoms with E-state index in [-0.39, 0.29) is 37.1 Å². The van der Waals surface area contributed by atoms with Crippen LogP contribution >= 0.6 is 0 Å². The van der Waals surface area contributed by atoms with E-state index in [1.807, 2.05) is 0 Å². The van der Waals surface area contributed by atoms with E-state index in [1.165, 1.54) is 0 Å². The molecule has 1 unspecified atom stereocenters. The number of carboxylic acid groups (broad SMARTS) is 1. The Morgan fingerprint density at radius 3 is 2.68 bits per heavy atom. The van der Waals surface area contributed by atoms with Gasteiger partial charge in [0.15, 0.2) is 6.10 Å². The zero-order chi connectivity index (χ0) is 14.0. The molecule has 1 saturated carbocycles. The summed E-state index contributed by atoms with van der Waals surface area (Å²) in [5, 5.41) is 20.1. The van der Waals surface area contributed by atoms with Crippen LogP contribution in [0, 0.1) is 5.92 Å². The third-order valence-corrected chi connectivity index (χ3v) is 3.52. The maximum absolute atomic E-state index is 11.8. The van der Waals surface area contributed by atoms with Gasteiger partial charge in [0, 0.05) is 32.0 Å². The molecular formula is C12H18N2O5. The number of rotatable bonds is 6. The summed E-state index contributed by atoms with van der Waals surface area (Å²) in [6, 6.07) is 0.319. The highest BCUT2D eigenvalue weighted by atomic mass is 16.4. The van der Waals surface area contributed by atoms with Crippen LogP contribution in [0.1, 0.15) is 25.7 Å². The van der Waals surface area contributed by atoms with Crippen LogP contribution < -0.4 is 5.32 Å². The predicted molar refractivity (Wildman–Crippen MR) is 64.1 cm³/mol. The molecule has 3 N–H and O–H groups in total. The van der Waals surface area contributed by atoms with Crippen LogP contribution in [0.5, 0.6) is 0 Å². The van der Waals surface area contributed by atoms with Gasteiger partial charge in [-0.05, 0) is 12.8 Å². The van der Waals surface area contributed by atoms with Crippen molar-refractivity contribution in [3.63, 3.8) is 0 Å². The Labute approximate surface area is 110 Å².